The van der Waals surface area contributed by atoms with Gasteiger partial charge in [0, 0.05) is 6.54 Å². The number of carbonyl (C=O) groups excluding carboxylic acids is 1. The molecule has 0 bridgehead atoms. The van der Waals surface area contributed by atoms with Gasteiger partial charge in [0.05, 0.1) is 10.4 Å². The zero-order valence-corrected chi connectivity index (χ0v) is 17.3. The van der Waals surface area contributed by atoms with Crippen LogP contribution < -0.4 is 5.56 Å². The SMILES string of the molecule is Cc1ccc(S(=O)(=O)N2CCC[C@H]2C(=O)OCc2nc3ccsc3c(=O)[nH]2)cc1. The average molecular weight is 434 g/mol. The van der Waals surface area contributed by atoms with Gasteiger partial charge in [0.25, 0.3) is 5.56 Å². The molecule has 8 nitrogen and oxygen atoms in total. The molecule has 0 spiro atoms. The number of thiophene rings is 1. The number of fused-ring (bicyclic) bond motifs is 1. The summed E-state index contributed by atoms with van der Waals surface area (Å²) in [6.45, 7) is 1.90. The van der Waals surface area contributed by atoms with Crippen molar-refractivity contribution in [2.45, 2.75) is 37.3 Å². The van der Waals surface area contributed by atoms with E-state index >= 15 is 0 Å². The Hall–Kier alpha value is -2.56. The summed E-state index contributed by atoms with van der Waals surface area (Å²) in [6, 6.07) is 7.34. The Morgan fingerprint density at radius 3 is 2.83 bits per heavy atom. The smallest absolute Gasteiger partial charge is 0.324 e. The predicted octanol–water partition coefficient (Wildman–Crippen LogP) is 2.19. The molecule has 0 radical (unpaired) electrons. The number of ether oxygens (including phenoxy) is 1. The van der Waals surface area contributed by atoms with Gasteiger partial charge in [0.2, 0.25) is 10.0 Å². The first kappa shape index (κ1) is 19.7. The largest absolute Gasteiger partial charge is 0.456 e. The van der Waals surface area contributed by atoms with E-state index in [-0.39, 0.29) is 29.4 Å². The summed E-state index contributed by atoms with van der Waals surface area (Å²) in [5, 5.41) is 1.76. The molecule has 3 heterocycles. The van der Waals surface area contributed by atoms with Crippen LogP contribution in [0.4, 0.5) is 0 Å². The lowest BCUT2D eigenvalue weighted by atomic mass is 10.2. The Morgan fingerprint density at radius 1 is 1.31 bits per heavy atom. The first-order chi connectivity index (χ1) is 13.9. The second-order valence-corrected chi connectivity index (χ2v) is 9.65. The van der Waals surface area contributed by atoms with Crippen LogP contribution in [0.5, 0.6) is 0 Å². The molecule has 1 atom stereocenters. The number of aryl methyl sites for hydroxylation is 1. The van der Waals surface area contributed by atoms with Gasteiger partial charge in [0.15, 0.2) is 0 Å². The normalized spacial score (nSPS) is 17.6. The average Bonchev–Trinajstić information content (AvgIpc) is 3.36. The molecule has 29 heavy (non-hydrogen) atoms. The minimum atomic E-state index is -3.80. The number of aromatic nitrogens is 2. The molecular formula is C19H19N3O5S2. The number of nitrogens with zero attached hydrogens (tertiary/aromatic N) is 2. The molecule has 3 aromatic rings. The molecule has 0 aliphatic carbocycles. The van der Waals surface area contributed by atoms with E-state index < -0.39 is 22.0 Å². The highest BCUT2D eigenvalue weighted by Gasteiger charge is 2.40. The zero-order valence-electron chi connectivity index (χ0n) is 15.6. The van der Waals surface area contributed by atoms with Crippen molar-refractivity contribution in [1.29, 1.82) is 0 Å². The maximum atomic E-state index is 13.0. The fourth-order valence-electron chi connectivity index (χ4n) is 3.33. The molecule has 0 unspecified atom stereocenters. The number of H-pyrrole nitrogens is 1. The number of hydrogen-bond donors (Lipinski definition) is 1. The van der Waals surface area contributed by atoms with Gasteiger partial charge >= 0.3 is 5.97 Å². The number of carbonyl (C=O) groups is 1. The lowest BCUT2D eigenvalue weighted by Gasteiger charge is -2.22. The summed E-state index contributed by atoms with van der Waals surface area (Å²) in [5.41, 5.74) is 1.19. The van der Waals surface area contributed by atoms with Crippen molar-refractivity contribution < 1.29 is 17.9 Å². The van der Waals surface area contributed by atoms with Crippen molar-refractivity contribution in [2.24, 2.45) is 0 Å². The molecule has 1 aliphatic heterocycles. The molecule has 0 amide bonds. The van der Waals surface area contributed by atoms with E-state index in [1.165, 1.54) is 27.8 Å². The quantitative estimate of drug-likeness (QED) is 0.618. The van der Waals surface area contributed by atoms with Gasteiger partial charge in [-0.15, -0.1) is 11.3 Å². The fourth-order valence-corrected chi connectivity index (χ4v) is 5.71. The van der Waals surface area contributed by atoms with Crippen molar-refractivity contribution in [1.82, 2.24) is 14.3 Å². The van der Waals surface area contributed by atoms with Crippen molar-refractivity contribution in [2.75, 3.05) is 6.54 Å². The summed E-state index contributed by atoms with van der Waals surface area (Å²) in [4.78, 5) is 31.6. The van der Waals surface area contributed by atoms with Gasteiger partial charge in [-0.2, -0.15) is 4.31 Å². The Kier molecular flexibility index (Phi) is 5.24. The number of aromatic amines is 1. The summed E-state index contributed by atoms with van der Waals surface area (Å²) in [7, 11) is -3.80. The Morgan fingerprint density at radius 2 is 2.07 bits per heavy atom. The predicted molar refractivity (Wildman–Crippen MR) is 108 cm³/mol. The zero-order chi connectivity index (χ0) is 20.6. The van der Waals surface area contributed by atoms with Gasteiger partial charge in [-0.25, -0.2) is 13.4 Å². The van der Waals surface area contributed by atoms with Crippen LogP contribution in [-0.4, -0.2) is 41.2 Å². The molecule has 1 N–H and O–H groups in total. The number of hydrogen-bond acceptors (Lipinski definition) is 7. The summed E-state index contributed by atoms with van der Waals surface area (Å²) in [6.07, 6.45) is 0.957. The van der Waals surface area contributed by atoms with Crippen molar-refractivity contribution in [3.8, 4) is 0 Å². The second kappa shape index (κ2) is 7.69. The van der Waals surface area contributed by atoms with Crippen LogP contribution in [0.25, 0.3) is 10.2 Å². The van der Waals surface area contributed by atoms with Crippen LogP contribution >= 0.6 is 11.3 Å². The topological polar surface area (TPSA) is 109 Å². The molecule has 1 saturated heterocycles. The molecule has 1 aromatic carbocycles. The highest BCUT2D eigenvalue weighted by atomic mass is 32.2. The molecule has 4 rings (SSSR count). The maximum absolute atomic E-state index is 13.0. The van der Waals surface area contributed by atoms with Crippen LogP contribution in [0.3, 0.4) is 0 Å². The highest BCUT2D eigenvalue weighted by molar-refractivity contribution is 7.89. The van der Waals surface area contributed by atoms with Crippen molar-refractivity contribution >= 4 is 37.5 Å². The third-order valence-corrected chi connectivity index (χ3v) is 7.64. The molecule has 1 aliphatic rings. The van der Waals surface area contributed by atoms with Gasteiger partial charge in [0.1, 0.15) is 23.2 Å². The molecular weight excluding hydrogens is 414 g/mol. The van der Waals surface area contributed by atoms with Crippen LogP contribution in [0.1, 0.15) is 24.2 Å². The number of benzene rings is 1. The van der Waals surface area contributed by atoms with E-state index in [1.54, 1.807) is 23.6 Å². The molecule has 0 saturated carbocycles. The van der Waals surface area contributed by atoms with Gasteiger partial charge < -0.3 is 9.72 Å². The van der Waals surface area contributed by atoms with Gasteiger partial charge in [-0.05, 0) is 43.3 Å². The minimum absolute atomic E-state index is 0.150. The summed E-state index contributed by atoms with van der Waals surface area (Å²) < 4.78 is 32.9. The van der Waals surface area contributed by atoms with Gasteiger partial charge in [-0.3, -0.25) is 9.59 Å². The first-order valence-corrected chi connectivity index (χ1v) is 11.4. The standard InChI is InChI=1S/C19H19N3O5S2/c1-12-4-6-13(7-5-12)29(25,26)22-9-2-3-15(22)19(24)27-11-16-20-14-8-10-28-17(14)18(23)21-16/h4-8,10,15H,2-3,9,11H2,1H3,(H,20,21,23)/t15-/m0/s1. The fraction of sp³-hybridized carbons (Fsp3) is 0.316. The van der Waals surface area contributed by atoms with E-state index in [1.807, 2.05) is 6.92 Å². The summed E-state index contributed by atoms with van der Waals surface area (Å²) in [5.74, 6) is -0.425. The van der Waals surface area contributed by atoms with Gasteiger partial charge in [-0.1, -0.05) is 17.7 Å². The minimum Gasteiger partial charge on any atom is -0.456 e. The number of esters is 1. The lowest BCUT2D eigenvalue weighted by molar-refractivity contribution is -0.149. The number of sulfonamides is 1. The second-order valence-electron chi connectivity index (χ2n) is 6.84. The number of nitrogens with one attached hydrogen (secondary N) is 1. The molecule has 10 heteroatoms. The van der Waals surface area contributed by atoms with Crippen molar-refractivity contribution in [3.05, 3.63) is 57.5 Å². The van der Waals surface area contributed by atoms with E-state index in [9.17, 15) is 18.0 Å². The molecule has 1 fully saturated rings. The maximum Gasteiger partial charge on any atom is 0.324 e. The van der Waals surface area contributed by atoms with Crippen LogP contribution in [0.2, 0.25) is 0 Å². The van der Waals surface area contributed by atoms with E-state index in [4.69, 9.17) is 4.74 Å². The third kappa shape index (κ3) is 3.83. The van der Waals surface area contributed by atoms with Crippen LogP contribution in [0.15, 0.2) is 45.4 Å². The lowest BCUT2D eigenvalue weighted by Crippen LogP contribution is -2.41. The van der Waals surface area contributed by atoms with E-state index in [0.717, 1.165) is 5.56 Å². The van der Waals surface area contributed by atoms with E-state index in [2.05, 4.69) is 9.97 Å². The Balaban J connectivity index is 1.50. The number of rotatable bonds is 5. The monoisotopic (exact) mass is 433 g/mol. The molecule has 152 valence electrons. The van der Waals surface area contributed by atoms with Crippen molar-refractivity contribution in [3.63, 3.8) is 0 Å². The van der Waals surface area contributed by atoms with Crippen LogP contribution in [0, 0.1) is 6.92 Å². The van der Waals surface area contributed by atoms with Crippen LogP contribution in [-0.2, 0) is 26.2 Å². The third-order valence-electron chi connectivity index (χ3n) is 4.82. The van der Waals surface area contributed by atoms with E-state index in [0.29, 0.717) is 23.1 Å². The first-order valence-electron chi connectivity index (χ1n) is 9.08. The highest BCUT2D eigenvalue weighted by Crippen LogP contribution is 2.27. The summed E-state index contributed by atoms with van der Waals surface area (Å²) >= 11 is 1.28. The molecule has 2 aromatic heterocycles. The Labute approximate surface area is 171 Å². The Bertz CT molecular complexity index is 1210.